The Balaban J connectivity index is 1.78. The lowest BCUT2D eigenvalue weighted by Crippen LogP contribution is -2.12. The van der Waals surface area contributed by atoms with Crippen LogP contribution < -0.4 is 5.32 Å². The Morgan fingerprint density at radius 1 is 1.15 bits per heavy atom. The van der Waals surface area contributed by atoms with Gasteiger partial charge in [0.1, 0.15) is 15.7 Å². The summed E-state index contributed by atoms with van der Waals surface area (Å²) < 4.78 is 38.6. The number of nitrogens with zero attached hydrogens (tertiary/aromatic N) is 3. The van der Waals surface area contributed by atoms with Gasteiger partial charge in [-0.05, 0) is 12.1 Å². The van der Waals surface area contributed by atoms with Crippen LogP contribution in [0.5, 0.6) is 0 Å². The maximum absolute atomic E-state index is 12.9. The van der Waals surface area contributed by atoms with Crippen molar-refractivity contribution >= 4 is 33.7 Å². The fraction of sp³-hybridized carbons (Fsp3) is 0.294. The van der Waals surface area contributed by atoms with Gasteiger partial charge in [-0.3, -0.25) is 10.1 Å². The first-order valence-electron chi connectivity index (χ1n) is 7.82. The molecule has 0 fully saturated rings. The normalized spacial score (nSPS) is 12.2. The summed E-state index contributed by atoms with van der Waals surface area (Å²) in [5, 5.41) is 13.6. The molecule has 1 amide bonds. The highest BCUT2D eigenvalue weighted by atomic mass is 32.1. The molecule has 27 heavy (non-hydrogen) atoms. The number of hydrogen-bond acceptors (Lipinski definition) is 6. The van der Waals surface area contributed by atoms with Gasteiger partial charge in [-0.15, -0.1) is 21.5 Å². The molecule has 2 aromatic heterocycles. The average Bonchev–Trinajstić information content (AvgIpc) is 3.23. The third-order valence-corrected chi connectivity index (χ3v) is 5.62. The number of carbonyl (C=O) groups is 1. The van der Waals surface area contributed by atoms with Crippen molar-refractivity contribution < 1.29 is 18.0 Å². The Hall–Kier alpha value is -2.33. The number of thiazole rings is 1. The highest BCUT2D eigenvalue weighted by Gasteiger charge is 2.30. The summed E-state index contributed by atoms with van der Waals surface area (Å²) >= 11 is 2.37. The highest BCUT2D eigenvalue weighted by Crippen LogP contribution is 2.33. The number of halogens is 3. The molecular formula is C17H15F3N4OS2. The second-order valence-corrected chi connectivity index (χ2v) is 8.57. The van der Waals surface area contributed by atoms with Gasteiger partial charge in [0.05, 0.1) is 5.56 Å². The van der Waals surface area contributed by atoms with Gasteiger partial charge in [0.25, 0.3) is 5.91 Å². The van der Waals surface area contributed by atoms with Crippen LogP contribution in [0.25, 0.3) is 10.6 Å². The van der Waals surface area contributed by atoms with Crippen molar-refractivity contribution in [2.75, 3.05) is 5.32 Å². The first-order chi connectivity index (χ1) is 12.5. The number of benzene rings is 1. The number of aromatic nitrogens is 3. The Bertz CT molecular complexity index is 973. The average molecular weight is 412 g/mol. The fourth-order valence-electron chi connectivity index (χ4n) is 2.08. The van der Waals surface area contributed by atoms with E-state index in [-0.39, 0.29) is 11.1 Å². The van der Waals surface area contributed by atoms with Crippen molar-refractivity contribution in [3.05, 3.63) is 45.9 Å². The Labute approximate surface area is 161 Å². The van der Waals surface area contributed by atoms with E-state index in [4.69, 9.17) is 0 Å². The summed E-state index contributed by atoms with van der Waals surface area (Å²) in [6.45, 7) is 5.96. The largest absolute Gasteiger partial charge is 0.416 e. The van der Waals surface area contributed by atoms with Crippen LogP contribution in [0.15, 0.2) is 29.6 Å². The van der Waals surface area contributed by atoms with Gasteiger partial charge >= 0.3 is 6.18 Å². The summed E-state index contributed by atoms with van der Waals surface area (Å²) in [6, 6.07) is 4.85. The number of rotatable bonds is 3. The number of hydrogen-bond donors (Lipinski definition) is 1. The number of alkyl halides is 3. The first-order valence-corrected chi connectivity index (χ1v) is 9.52. The van der Waals surface area contributed by atoms with E-state index in [0.717, 1.165) is 28.5 Å². The van der Waals surface area contributed by atoms with Crippen molar-refractivity contribution in [3.63, 3.8) is 0 Å². The van der Waals surface area contributed by atoms with Crippen LogP contribution in [-0.4, -0.2) is 21.1 Å². The van der Waals surface area contributed by atoms with Crippen molar-refractivity contribution in [3.8, 4) is 10.6 Å². The topological polar surface area (TPSA) is 67.8 Å². The summed E-state index contributed by atoms with van der Waals surface area (Å²) in [5.74, 6) is -0.485. The Morgan fingerprint density at radius 3 is 2.52 bits per heavy atom. The highest BCUT2D eigenvalue weighted by molar-refractivity contribution is 7.15. The van der Waals surface area contributed by atoms with E-state index in [2.05, 4.69) is 20.5 Å². The van der Waals surface area contributed by atoms with Crippen LogP contribution in [-0.2, 0) is 11.6 Å². The molecule has 0 saturated carbocycles. The van der Waals surface area contributed by atoms with E-state index in [9.17, 15) is 18.0 Å². The lowest BCUT2D eigenvalue weighted by atomic mass is 9.98. The van der Waals surface area contributed by atoms with Crippen molar-refractivity contribution in [2.24, 2.45) is 0 Å². The van der Waals surface area contributed by atoms with E-state index in [0.29, 0.717) is 15.7 Å². The molecule has 0 unspecified atom stereocenters. The zero-order valence-electron chi connectivity index (χ0n) is 14.6. The predicted molar refractivity (Wildman–Crippen MR) is 99.1 cm³/mol. The maximum Gasteiger partial charge on any atom is 0.416 e. The van der Waals surface area contributed by atoms with Crippen LogP contribution in [0.3, 0.4) is 0 Å². The lowest BCUT2D eigenvalue weighted by molar-refractivity contribution is -0.137. The van der Waals surface area contributed by atoms with Gasteiger partial charge in [-0.1, -0.05) is 44.2 Å². The third-order valence-electron chi connectivity index (χ3n) is 3.46. The van der Waals surface area contributed by atoms with Gasteiger partial charge in [-0.25, -0.2) is 4.98 Å². The number of anilines is 1. The van der Waals surface area contributed by atoms with Gasteiger partial charge in [0, 0.05) is 16.4 Å². The second-order valence-electron chi connectivity index (χ2n) is 6.73. The predicted octanol–water partition coefficient (Wildman–Crippen LogP) is 5.23. The van der Waals surface area contributed by atoms with Gasteiger partial charge in [-0.2, -0.15) is 13.2 Å². The van der Waals surface area contributed by atoms with Gasteiger partial charge < -0.3 is 0 Å². The van der Waals surface area contributed by atoms with Crippen molar-refractivity contribution in [1.29, 1.82) is 0 Å². The number of carbonyl (C=O) groups excluding carboxylic acids is 1. The first kappa shape index (κ1) is 19.4. The van der Waals surface area contributed by atoms with Crippen LogP contribution >= 0.6 is 22.7 Å². The number of nitrogens with one attached hydrogen (secondary N) is 1. The minimum Gasteiger partial charge on any atom is -0.295 e. The number of amides is 1. The van der Waals surface area contributed by atoms with E-state index >= 15 is 0 Å². The van der Waals surface area contributed by atoms with Crippen LogP contribution in [0.4, 0.5) is 18.3 Å². The quantitative estimate of drug-likeness (QED) is 0.640. The molecule has 0 aliphatic carbocycles. The molecule has 0 aliphatic heterocycles. The zero-order chi connectivity index (χ0) is 19.8. The molecule has 2 heterocycles. The molecule has 10 heteroatoms. The minimum absolute atomic E-state index is 0.111. The fourth-order valence-corrected chi connectivity index (χ4v) is 3.67. The second kappa shape index (κ2) is 7.01. The molecule has 1 aromatic carbocycles. The Morgan fingerprint density at radius 2 is 1.89 bits per heavy atom. The molecule has 3 aromatic rings. The molecule has 3 rings (SSSR count). The summed E-state index contributed by atoms with van der Waals surface area (Å²) in [6.07, 6.45) is -4.43. The van der Waals surface area contributed by atoms with Crippen LogP contribution in [0.2, 0.25) is 0 Å². The molecule has 0 bridgehead atoms. The third kappa shape index (κ3) is 4.51. The van der Waals surface area contributed by atoms with Crippen molar-refractivity contribution in [2.45, 2.75) is 32.4 Å². The Kier molecular flexibility index (Phi) is 5.04. The van der Waals surface area contributed by atoms with Crippen molar-refractivity contribution in [1.82, 2.24) is 15.2 Å². The molecule has 5 nitrogen and oxygen atoms in total. The zero-order valence-corrected chi connectivity index (χ0v) is 16.2. The molecule has 1 N–H and O–H groups in total. The maximum atomic E-state index is 12.9. The lowest BCUT2D eigenvalue weighted by Gasteiger charge is -2.12. The van der Waals surface area contributed by atoms with E-state index in [1.165, 1.54) is 28.8 Å². The van der Waals surface area contributed by atoms with E-state index in [1.54, 1.807) is 0 Å². The SMILES string of the molecule is CC(C)(C)c1nnc(NC(=O)c2csc(-c3cccc(C(F)(F)F)c3)n2)s1. The molecule has 0 aliphatic rings. The smallest absolute Gasteiger partial charge is 0.295 e. The van der Waals surface area contributed by atoms with E-state index < -0.39 is 17.6 Å². The van der Waals surface area contributed by atoms with Crippen LogP contribution in [0, 0.1) is 0 Å². The standard InChI is InChI=1S/C17H15F3N4OS2/c1-16(2,3)14-23-24-15(27-14)22-12(25)11-8-26-13(21-11)9-5-4-6-10(7-9)17(18,19)20/h4-8H,1-3H3,(H,22,24,25). The molecule has 142 valence electrons. The van der Waals surface area contributed by atoms with Gasteiger partial charge in [0.15, 0.2) is 0 Å². The van der Waals surface area contributed by atoms with Gasteiger partial charge in [0.2, 0.25) is 5.13 Å². The molecule has 0 spiro atoms. The summed E-state index contributed by atoms with van der Waals surface area (Å²) in [4.78, 5) is 16.5. The molecular weight excluding hydrogens is 397 g/mol. The van der Waals surface area contributed by atoms with E-state index in [1.807, 2.05) is 20.8 Å². The van der Waals surface area contributed by atoms with Crippen LogP contribution in [0.1, 0.15) is 41.8 Å². The molecule has 0 saturated heterocycles. The monoisotopic (exact) mass is 412 g/mol. The minimum atomic E-state index is -4.43. The summed E-state index contributed by atoms with van der Waals surface area (Å²) in [5.41, 5.74) is -0.526. The molecule has 0 radical (unpaired) electrons. The summed E-state index contributed by atoms with van der Waals surface area (Å²) in [7, 11) is 0. The molecule has 0 atom stereocenters.